The van der Waals surface area contributed by atoms with Crippen LogP contribution in [0, 0.1) is 5.92 Å². The van der Waals surface area contributed by atoms with Crippen molar-refractivity contribution in [3.8, 4) is 0 Å². The SMILES string of the molecule is CC(C)C(Nc1cc(N)nc(N)n1)c1cccs1. The number of rotatable bonds is 4. The molecule has 0 aromatic carbocycles. The molecule has 2 aromatic heterocycles. The molecule has 0 radical (unpaired) electrons. The summed E-state index contributed by atoms with van der Waals surface area (Å²) < 4.78 is 0. The smallest absolute Gasteiger partial charge is 0.223 e. The van der Waals surface area contributed by atoms with Gasteiger partial charge < -0.3 is 16.8 Å². The van der Waals surface area contributed by atoms with Crippen molar-refractivity contribution in [3.63, 3.8) is 0 Å². The molecular formula is C12H17N5S. The molecule has 6 heteroatoms. The quantitative estimate of drug-likeness (QED) is 0.788. The molecule has 0 aliphatic rings. The van der Waals surface area contributed by atoms with Crippen LogP contribution in [0.2, 0.25) is 0 Å². The molecule has 18 heavy (non-hydrogen) atoms. The number of anilines is 3. The standard InChI is InChI=1S/C12H17N5S/c1-7(2)11(8-4-3-5-18-8)16-10-6-9(13)15-12(14)17-10/h3-7,11H,1-2H3,(H5,13,14,15,16,17). The van der Waals surface area contributed by atoms with E-state index in [1.807, 2.05) is 6.07 Å². The lowest BCUT2D eigenvalue weighted by Gasteiger charge is -2.22. The molecule has 2 heterocycles. The first-order valence-corrected chi connectivity index (χ1v) is 6.64. The van der Waals surface area contributed by atoms with Gasteiger partial charge in [-0.05, 0) is 17.4 Å². The molecule has 2 aromatic rings. The Labute approximate surface area is 110 Å². The van der Waals surface area contributed by atoms with Gasteiger partial charge in [-0.25, -0.2) is 0 Å². The van der Waals surface area contributed by atoms with Crippen molar-refractivity contribution < 1.29 is 0 Å². The van der Waals surface area contributed by atoms with Crippen LogP contribution in [0.4, 0.5) is 17.6 Å². The Kier molecular flexibility index (Phi) is 3.66. The van der Waals surface area contributed by atoms with Crippen LogP contribution in [0.15, 0.2) is 23.6 Å². The van der Waals surface area contributed by atoms with Crippen molar-refractivity contribution in [2.75, 3.05) is 16.8 Å². The summed E-state index contributed by atoms with van der Waals surface area (Å²) in [7, 11) is 0. The number of nitrogen functional groups attached to an aromatic ring is 2. The first kappa shape index (κ1) is 12.6. The molecule has 5 N–H and O–H groups in total. The van der Waals surface area contributed by atoms with E-state index in [1.54, 1.807) is 17.4 Å². The van der Waals surface area contributed by atoms with Crippen molar-refractivity contribution in [2.24, 2.45) is 5.92 Å². The maximum absolute atomic E-state index is 5.66. The van der Waals surface area contributed by atoms with Crippen LogP contribution < -0.4 is 16.8 Å². The fraction of sp³-hybridized carbons (Fsp3) is 0.333. The highest BCUT2D eigenvalue weighted by Crippen LogP contribution is 2.29. The molecule has 0 saturated carbocycles. The van der Waals surface area contributed by atoms with E-state index in [1.165, 1.54) is 4.88 Å². The third-order valence-electron chi connectivity index (χ3n) is 2.58. The van der Waals surface area contributed by atoms with Crippen LogP contribution in [-0.4, -0.2) is 9.97 Å². The van der Waals surface area contributed by atoms with Gasteiger partial charge in [0, 0.05) is 10.9 Å². The van der Waals surface area contributed by atoms with Crippen LogP contribution >= 0.6 is 11.3 Å². The molecule has 0 spiro atoms. The molecule has 0 bridgehead atoms. The van der Waals surface area contributed by atoms with Crippen LogP contribution in [0.25, 0.3) is 0 Å². The number of thiophene rings is 1. The summed E-state index contributed by atoms with van der Waals surface area (Å²) in [4.78, 5) is 9.27. The lowest BCUT2D eigenvalue weighted by molar-refractivity contribution is 0.552. The number of hydrogen-bond donors (Lipinski definition) is 3. The predicted octanol–water partition coefficient (Wildman–Crippen LogP) is 2.51. The zero-order chi connectivity index (χ0) is 13.1. The summed E-state index contributed by atoms with van der Waals surface area (Å²) in [5, 5.41) is 5.43. The van der Waals surface area contributed by atoms with Gasteiger partial charge in [0.25, 0.3) is 0 Å². The summed E-state index contributed by atoms with van der Waals surface area (Å²) in [6.45, 7) is 4.32. The maximum Gasteiger partial charge on any atom is 0.223 e. The first-order chi connectivity index (χ1) is 8.56. The van der Waals surface area contributed by atoms with Crippen molar-refractivity contribution in [1.29, 1.82) is 0 Å². The van der Waals surface area contributed by atoms with Crippen molar-refractivity contribution in [2.45, 2.75) is 19.9 Å². The second-order valence-electron chi connectivity index (χ2n) is 4.42. The Balaban J connectivity index is 2.24. The Hall–Kier alpha value is -1.82. The minimum absolute atomic E-state index is 0.186. The van der Waals surface area contributed by atoms with E-state index in [-0.39, 0.29) is 12.0 Å². The van der Waals surface area contributed by atoms with Crippen LogP contribution in [0.1, 0.15) is 24.8 Å². The third kappa shape index (κ3) is 2.89. The molecular weight excluding hydrogens is 246 g/mol. The summed E-state index contributed by atoms with van der Waals surface area (Å²) in [6.07, 6.45) is 0. The minimum Gasteiger partial charge on any atom is -0.383 e. The maximum atomic E-state index is 5.66. The van der Waals surface area contributed by atoms with Gasteiger partial charge in [-0.1, -0.05) is 19.9 Å². The number of nitrogens with two attached hydrogens (primary N) is 2. The van der Waals surface area contributed by atoms with Crippen LogP contribution in [-0.2, 0) is 0 Å². The Morgan fingerprint density at radius 1 is 1.28 bits per heavy atom. The predicted molar refractivity (Wildman–Crippen MR) is 76.4 cm³/mol. The number of nitrogens with one attached hydrogen (secondary N) is 1. The summed E-state index contributed by atoms with van der Waals surface area (Å²) >= 11 is 1.72. The van der Waals surface area contributed by atoms with E-state index in [9.17, 15) is 0 Å². The van der Waals surface area contributed by atoms with E-state index in [4.69, 9.17) is 11.5 Å². The van der Waals surface area contributed by atoms with E-state index >= 15 is 0 Å². The molecule has 5 nitrogen and oxygen atoms in total. The summed E-state index contributed by atoms with van der Waals surface area (Å²) in [6, 6.07) is 6.04. The molecule has 0 amide bonds. The number of hydrogen-bond acceptors (Lipinski definition) is 6. The highest BCUT2D eigenvalue weighted by Gasteiger charge is 2.17. The first-order valence-electron chi connectivity index (χ1n) is 5.76. The van der Waals surface area contributed by atoms with Gasteiger partial charge in [-0.15, -0.1) is 11.3 Å². The minimum atomic E-state index is 0.186. The van der Waals surface area contributed by atoms with Gasteiger partial charge in [0.15, 0.2) is 0 Å². The van der Waals surface area contributed by atoms with Gasteiger partial charge in [-0.2, -0.15) is 9.97 Å². The van der Waals surface area contributed by atoms with Crippen molar-refractivity contribution in [1.82, 2.24) is 9.97 Å². The molecule has 96 valence electrons. The summed E-state index contributed by atoms with van der Waals surface area (Å²) in [5.41, 5.74) is 11.3. The molecule has 1 unspecified atom stereocenters. The lowest BCUT2D eigenvalue weighted by Crippen LogP contribution is -2.17. The van der Waals surface area contributed by atoms with Crippen molar-refractivity contribution >= 4 is 28.9 Å². The van der Waals surface area contributed by atoms with Crippen molar-refractivity contribution in [3.05, 3.63) is 28.5 Å². The monoisotopic (exact) mass is 263 g/mol. The molecule has 0 aliphatic carbocycles. The van der Waals surface area contributed by atoms with Crippen LogP contribution in [0.5, 0.6) is 0 Å². The highest BCUT2D eigenvalue weighted by atomic mass is 32.1. The van der Waals surface area contributed by atoms with E-state index in [2.05, 4.69) is 40.6 Å². The Morgan fingerprint density at radius 3 is 2.61 bits per heavy atom. The second-order valence-corrected chi connectivity index (χ2v) is 5.40. The largest absolute Gasteiger partial charge is 0.383 e. The fourth-order valence-corrected chi connectivity index (χ4v) is 2.70. The molecule has 1 atom stereocenters. The molecule has 2 rings (SSSR count). The topological polar surface area (TPSA) is 89.8 Å². The molecule has 0 aliphatic heterocycles. The van der Waals surface area contributed by atoms with Gasteiger partial charge in [0.1, 0.15) is 11.6 Å². The van der Waals surface area contributed by atoms with Gasteiger partial charge in [0.2, 0.25) is 5.95 Å². The number of aromatic nitrogens is 2. The van der Waals surface area contributed by atoms with Gasteiger partial charge >= 0.3 is 0 Å². The lowest BCUT2D eigenvalue weighted by atomic mass is 10.0. The van der Waals surface area contributed by atoms with E-state index < -0.39 is 0 Å². The van der Waals surface area contributed by atoms with E-state index in [0.717, 1.165) is 0 Å². The molecule has 0 saturated heterocycles. The summed E-state index contributed by atoms with van der Waals surface area (Å²) in [5.74, 6) is 1.65. The average Bonchev–Trinajstić information content (AvgIpc) is 2.77. The molecule has 0 fully saturated rings. The zero-order valence-corrected chi connectivity index (χ0v) is 11.2. The third-order valence-corrected chi connectivity index (χ3v) is 3.54. The van der Waals surface area contributed by atoms with E-state index in [0.29, 0.717) is 17.6 Å². The Bertz CT molecular complexity index is 489. The zero-order valence-electron chi connectivity index (χ0n) is 10.4. The van der Waals surface area contributed by atoms with Gasteiger partial charge in [-0.3, -0.25) is 0 Å². The fourth-order valence-electron chi connectivity index (χ4n) is 1.75. The number of nitrogens with zero attached hydrogens (tertiary/aromatic N) is 2. The average molecular weight is 263 g/mol. The van der Waals surface area contributed by atoms with Crippen LogP contribution in [0.3, 0.4) is 0 Å². The Morgan fingerprint density at radius 2 is 2.06 bits per heavy atom. The second kappa shape index (κ2) is 5.22. The highest BCUT2D eigenvalue weighted by molar-refractivity contribution is 7.10. The normalized spacial score (nSPS) is 12.6. The van der Waals surface area contributed by atoms with Gasteiger partial charge in [0.05, 0.1) is 6.04 Å².